The molecule has 2 aromatic heterocycles. The highest BCUT2D eigenvalue weighted by molar-refractivity contribution is 5.77. The normalized spacial score (nSPS) is 16.3. The van der Waals surface area contributed by atoms with Crippen molar-refractivity contribution in [1.82, 2.24) is 14.5 Å². The van der Waals surface area contributed by atoms with Crippen LogP contribution in [0.3, 0.4) is 0 Å². The average molecular weight is 492 g/mol. The van der Waals surface area contributed by atoms with Crippen LogP contribution < -0.4 is 5.56 Å². The molecule has 1 aliphatic heterocycles. The fourth-order valence-corrected chi connectivity index (χ4v) is 4.33. The van der Waals surface area contributed by atoms with Crippen molar-refractivity contribution >= 4 is 5.70 Å². The molecule has 0 atom stereocenters. The fraction of sp³-hybridized carbons (Fsp3) is 0.310. The molecule has 0 aliphatic carbocycles. The molecule has 3 aromatic rings. The molecule has 1 aromatic carbocycles. The fourth-order valence-electron chi connectivity index (χ4n) is 4.33. The second-order valence-corrected chi connectivity index (χ2v) is 9.21. The third-order valence-corrected chi connectivity index (χ3v) is 6.65. The van der Waals surface area contributed by atoms with E-state index in [0.717, 1.165) is 43.3 Å². The molecule has 1 aliphatic rings. The van der Waals surface area contributed by atoms with Gasteiger partial charge in [0.25, 0.3) is 5.56 Å². The summed E-state index contributed by atoms with van der Waals surface area (Å²) in [7, 11) is 2.07. The van der Waals surface area contributed by atoms with E-state index in [0.29, 0.717) is 22.9 Å². The highest BCUT2D eigenvalue weighted by Gasteiger charge is 2.27. The molecule has 0 radical (unpaired) electrons. The van der Waals surface area contributed by atoms with Crippen molar-refractivity contribution in [1.29, 1.82) is 0 Å². The minimum atomic E-state index is -0.714. The minimum Gasteiger partial charge on any atom is -0.440 e. The molecule has 0 unspecified atom stereocenters. The summed E-state index contributed by atoms with van der Waals surface area (Å²) < 4.78 is 36.3. The Kier molecular flexibility index (Phi) is 7.79. The number of pyridine rings is 1. The molecule has 1 saturated heterocycles. The molecule has 5 nitrogen and oxygen atoms in total. The summed E-state index contributed by atoms with van der Waals surface area (Å²) in [6.45, 7) is 7.56. The largest absolute Gasteiger partial charge is 0.440 e. The summed E-state index contributed by atoms with van der Waals surface area (Å²) in [5.74, 6) is -0.379. The van der Waals surface area contributed by atoms with Crippen LogP contribution in [0.4, 0.5) is 8.78 Å². The van der Waals surface area contributed by atoms with Gasteiger partial charge in [-0.1, -0.05) is 24.3 Å². The Morgan fingerprint density at radius 1 is 1.11 bits per heavy atom. The van der Waals surface area contributed by atoms with Crippen LogP contribution in [0.1, 0.15) is 45.4 Å². The van der Waals surface area contributed by atoms with Crippen molar-refractivity contribution in [2.45, 2.75) is 39.5 Å². The van der Waals surface area contributed by atoms with Gasteiger partial charge in [-0.3, -0.25) is 9.36 Å². The molecule has 36 heavy (non-hydrogen) atoms. The third-order valence-electron chi connectivity index (χ3n) is 6.65. The summed E-state index contributed by atoms with van der Waals surface area (Å²) in [4.78, 5) is 19.7. The van der Waals surface area contributed by atoms with E-state index in [4.69, 9.17) is 9.40 Å². The molecular formula is C29H31F2N3O2. The van der Waals surface area contributed by atoms with Crippen LogP contribution in [0, 0.1) is 11.6 Å². The zero-order valence-electron chi connectivity index (χ0n) is 21.1. The second-order valence-electron chi connectivity index (χ2n) is 9.21. The van der Waals surface area contributed by atoms with Crippen molar-refractivity contribution in [2.24, 2.45) is 0 Å². The summed E-state index contributed by atoms with van der Waals surface area (Å²) in [5.41, 5.74) is 2.53. The van der Waals surface area contributed by atoms with Crippen molar-refractivity contribution in [3.8, 4) is 22.6 Å². The van der Waals surface area contributed by atoms with Crippen molar-refractivity contribution < 1.29 is 13.2 Å². The number of benzene rings is 1. The first-order chi connectivity index (χ1) is 17.3. The number of allylic oxidation sites excluding steroid dienone is 6. The van der Waals surface area contributed by atoms with Gasteiger partial charge in [-0.25, -0.2) is 13.8 Å². The van der Waals surface area contributed by atoms with Gasteiger partial charge in [-0.2, -0.15) is 0 Å². The Morgan fingerprint density at radius 3 is 2.56 bits per heavy atom. The quantitative estimate of drug-likeness (QED) is 0.363. The molecule has 0 bridgehead atoms. The van der Waals surface area contributed by atoms with Gasteiger partial charge in [0, 0.05) is 41.1 Å². The Morgan fingerprint density at radius 2 is 1.86 bits per heavy atom. The van der Waals surface area contributed by atoms with E-state index < -0.39 is 11.6 Å². The van der Waals surface area contributed by atoms with Crippen LogP contribution in [-0.4, -0.2) is 34.6 Å². The number of rotatable bonds is 6. The highest BCUT2D eigenvalue weighted by atomic mass is 19.1. The standard InChI is InChI=1S/C29H31F2N3O2/c1-5-6-7-8-19(2)20(3)34-18-22(9-12-26(34)35)28-27(24-11-10-23(30)17-25(24)31)32-29(36-28)21-13-15-33(4)16-14-21/h5-12,17-18,21H,13-16H2,1-4H3/b6-5+,8-7-,20-19+. The monoisotopic (exact) mass is 491 g/mol. The summed E-state index contributed by atoms with van der Waals surface area (Å²) >= 11 is 0. The molecule has 0 N–H and O–H groups in total. The topological polar surface area (TPSA) is 51.3 Å². The van der Waals surface area contributed by atoms with Crippen LogP contribution in [0.25, 0.3) is 28.3 Å². The first-order valence-electron chi connectivity index (χ1n) is 12.1. The van der Waals surface area contributed by atoms with Gasteiger partial charge in [-0.15, -0.1) is 0 Å². The first-order valence-corrected chi connectivity index (χ1v) is 12.1. The van der Waals surface area contributed by atoms with Gasteiger partial charge in [0.15, 0.2) is 11.7 Å². The number of likely N-dealkylation sites (tertiary alicyclic amines) is 1. The number of hydrogen-bond donors (Lipinski definition) is 0. The SMILES string of the molecule is C/C=C/C=C\C(C)=C(/C)n1cc(-c2oc(C3CCN(C)CC3)nc2-c2ccc(F)cc2F)ccc1=O. The number of hydrogen-bond acceptors (Lipinski definition) is 4. The van der Waals surface area contributed by atoms with Crippen molar-refractivity contribution in [3.63, 3.8) is 0 Å². The van der Waals surface area contributed by atoms with Crippen LogP contribution in [0.15, 0.2) is 75.6 Å². The Bertz CT molecular complexity index is 1390. The molecule has 1 fully saturated rings. The number of nitrogens with zero attached hydrogens (tertiary/aromatic N) is 3. The number of aromatic nitrogens is 2. The predicted molar refractivity (Wildman–Crippen MR) is 140 cm³/mol. The summed E-state index contributed by atoms with van der Waals surface area (Å²) in [6.07, 6.45) is 11.1. The average Bonchev–Trinajstić information content (AvgIpc) is 3.29. The Hall–Kier alpha value is -3.58. The highest BCUT2D eigenvalue weighted by Crippen LogP contribution is 2.38. The van der Waals surface area contributed by atoms with E-state index in [1.165, 1.54) is 18.2 Å². The molecule has 7 heteroatoms. The third kappa shape index (κ3) is 5.46. The maximum atomic E-state index is 14.9. The van der Waals surface area contributed by atoms with Crippen LogP contribution in [0.5, 0.6) is 0 Å². The Balaban J connectivity index is 1.84. The van der Waals surface area contributed by atoms with E-state index in [1.54, 1.807) is 16.8 Å². The van der Waals surface area contributed by atoms with Crippen molar-refractivity contribution in [3.05, 3.63) is 94.3 Å². The molecule has 0 spiro atoms. The van der Waals surface area contributed by atoms with E-state index in [-0.39, 0.29) is 17.0 Å². The molecule has 0 amide bonds. The van der Waals surface area contributed by atoms with E-state index in [9.17, 15) is 13.6 Å². The number of piperidine rings is 1. The molecular weight excluding hydrogens is 460 g/mol. The van der Waals surface area contributed by atoms with Gasteiger partial charge in [-0.05, 0) is 77.5 Å². The van der Waals surface area contributed by atoms with Crippen LogP contribution >= 0.6 is 0 Å². The van der Waals surface area contributed by atoms with E-state index in [2.05, 4.69) is 11.9 Å². The number of oxazole rings is 1. The first kappa shape index (κ1) is 25.5. The molecule has 3 heterocycles. The molecule has 4 rings (SSSR count). The van der Waals surface area contributed by atoms with Gasteiger partial charge >= 0.3 is 0 Å². The maximum Gasteiger partial charge on any atom is 0.254 e. The van der Waals surface area contributed by atoms with Crippen molar-refractivity contribution in [2.75, 3.05) is 20.1 Å². The molecule has 0 saturated carbocycles. The maximum absolute atomic E-state index is 14.9. The van der Waals surface area contributed by atoms with Gasteiger partial charge in [0.05, 0.1) is 0 Å². The van der Waals surface area contributed by atoms with Crippen LogP contribution in [0.2, 0.25) is 0 Å². The number of halogens is 2. The Labute approximate surface area is 210 Å². The van der Waals surface area contributed by atoms with Gasteiger partial charge < -0.3 is 9.32 Å². The van der Waals surface area contributed by atoms with Gasteiger partial charge in [0.1, 0.15) is 17.3 Å². The zero-order chi connectivity index (χ0) is 25.8. The lowest BCUT2D eigenvalue weighted by atomic mass is 9.97. The summed E-state index contributed by atoms with van der Waals surface area (Å²) in [6, 6.07) is 6.55. The molecule has 188 valence electrons. The summed E-state index contributed by atoms with van der Waals surface area (Å²) in [5, 5.41) is 0. The lowest BCUT2D eigenvalue weighted by molar-refractivity contribution is 0.238. The minimum absolute atomic E-state index is 0.101. The zero-order valence-corrected chi connectivity index (χ0v) is 21.1. The lowest BCUT2D eigenvalue weighted by Gasteiger charge is -2.26. The van der Waals surface area contributed by atoms with Gasteiger partial charge in [0.2, 0.25) is 0 Å². The van der Waals surface area contributed by atoms with Crippen LogP contribution in [-0.2, 0) is 0 Å². The smallest absolute Gasteiger partial charge is 0.254 e. The predicted octanol–water partition coefficient (Wildman–Crippen LogP) is 6.64. The second kappa shape index (κ2) is 11.0. The van der Waals surface area contributed by atoms with E-state index in [1.807, 2.05) is 45.1 Å². The lowest BCUT2D eigenvalue weighted by Crippen LogP contribution is -2.29. The van der Waals surface area contributed by atoms with E-state index >= 15 is 0 Å².